The van der Waals surface area contributed by atoms with Gasteiger partial charge in [-0.2, -0.15) is 0 Å². The van der Waals surface area contributed by atoms with E-state index in [0.29, 0.717) is 24.3 Å². The zero-order valence-corrected chi connectivity index (χ0v) is 11.6. The zero-order valence-electron chi connectivity index (χ0n) is 11.6. The average molecular weight is 291 g/mol. The molecule has 1 amide bonds. The molecule has 0 bridgehead atoms. The number of aromatic hydroxyl groups is 1. The predicted molar refractivity (Wildman–Crippen MR) is 76.3 cm³/mol. The second kappa shape index (κ2) is 6.30. The summed E-state index contributed by atoms with van der Waals surface area (Å²) in [6, 6.07) is 4.48. The van der Waals surface area contributed by atoms with Crippen LogP contribution in [0.25, 0.3) is 0 Å². The number of carbonyl (C=O) groups is 2. The quantitative estimate of drug-likeness (QED) is 0.737. The number of carbonyl (C=O) groups excluding carboxylic acids is 1. The Morgan fingerprint density at radius 1 is 1.24 bits per heavy atom. The summed E-state index contributed by atoms with van der Waals surface area (Å²) in [7, 11) is 1.43. The minimum Gasteiger partial charge on any atom is -0.504 e. The molecule has 0 spiro atoms. The monoisotopic (exact) mass is 291 g/mol. The molecule has 0 saturated carbocycles. The van der Waals surface area contributed by atoms with E-state index in [0.717, 1.165) is 0 Å². The van der Waals surface area contributed by atoms with Crippen LogP contribution < -0.4 is 10.1 Å². The van der Waals surface area contributed by atoms with E-state index in [2.05, 4.69) is 5.32 Å². The van der Waals surface area contributed by atoms with E-state index in [1.54, 1.807) is 12.1 Å². The Labute approximate surface area is 122 Å². The van der Waals surface area contributed by atoms with Gasteiger partial charge in [-0.1, -0.05) is 12.2 Å². The van der Waals surface area contributed by atoms with Crippen molar-refractivity contribution in [2.75, 3.05) is 12.4 Å². The van der Waals surface area contributed by atoms with E-state index in [9.17, 15) is 14.7 Å². The Morgan fingerprint density at radius 3 is 2.48 bits per heavy atom. The van der Waals surface area contributed by atoms with Crippen LogP contribution in [-0.4, -0.2) is 29.2 Å². The van der Waals surface area contributed by atoms with Gasteiger partial charge in [0.25, 0.3) is 0 Å². The topological polar surface area (TPSA) is 95.9 Å². The number of methoxy groups -OCH3 is 1. The molecule has 0 fully saturated rings. The summed E-state index contributed by atoms with van der Waals surface area (Å²) < 4.78 is 4.92. The SMILES string of the molecule is COc1ccc(NC(=O)[C@H]2CC=CC[C@@H]2C(=O)O)cc1O. The first kappa shape index (κ1) is 14.9. The molecule has 0 heterocycles. The average Bonchev–Trinajstić information content (AvgIpc) is 2.47. The number of hydrogen-bond donors (Lipinski definition) is 3. The van der Waals surface area contributed by atoms with Crippen LogP contribution in [0.1, 0.15) is 12.8 Å². The predicted octanol–water partition coefficient (Wildman–Crippen LogP) is 2.01. The Morgan fingerprint density at radius 2 is 1.90 bits per heavy atom. The molecule has 2 rings (SSSR count). The highest BCUT2D eigenvalue weighted by molar-refractivity contribution is 5.95. The van der Waals surface area contributed by atoms with Crippen molar-refractivity contribution in [1.82, 2.24) is 0 Å². The third-order valence-corrected chi connectivity index (χ3v) is 3.53. The third-order valence-electron chi connectivity index (χ3n) is 3.53. The standard InChI is InChI=1S/C15H17NO5/c1-21-13-7-6-9(8-12(13)17)16-14(18)10-4-2-3-5-11(10)15(19)20/h2-3,6-8,10-11,17H,4-5H2,1H3,(H,16,18)(H,19,20)/t10-,11-/m0/s1. The van der Waals surface area contributed by atoms with E-state index >= 15 is 0 Å². The molecule has 21 heavy (non-hydrogen) atoms. The Kier molecular flexibility index (Phi) is 4.47. The van der Waals surface area contributed by atoms with Crippen molar-refractivity contribution < 1.29 is 24.5 Å². The van der Waals surface area contributed by atoms with Crippen molar-refractivity contribution in [1.29, 1.82) is 0 Å². The lowest BCUT2D eigenvalue weighted by Gasteiger charge is -2.24. The summed E-state index contributed by atoms with van der Waals surface area (Å²) in [4.78, 5) is 23.4. The van der Waals surface area contributed by atoms with Crippen LogP contribution in [0.15, 0.2) is 30.4 Å². The molecule has 0 aromatic heterocycles. The van der Waals surface area contributed by atoms with Gasteiger partial charge >= 0.3 is 5.97 Å². The molecule has 6 heteroatoms. The highest BCUT2D eigenvalue weighted by Crippen LogP contribution is 2.30. The molecule has 0 unspecified atom stereocenters. The minimum absolute atomic E-state index is 0.0892. The Bertz CT molecular complexity index is 581. The van der Waals surface area contributed by atoms with Crippen LogP contribution in [0.5, 0.6) is 11.5 Å². The van der Waals surface area contributed by atoms with Gasteiger partial charge in [-0.05, 0) is 25.0 Å². The molecule has 6 nitrogen and oxygen atoms in total. The molecule has 1 aliphatic carbocycles. The van der Waals surface area contributed by atoms with Gasteiger partial charge in [-0.3, -0.25) is 9.59 Å². The van der Waals surface area contributed by atoms with Crippen molar-refractivity contribution in [2.45, 2.75) is 12.8 Å². The number of benzene rings is 1. The molecule has 2 atom stereocenters. The molecule has 1 aliphatic rings. The van der Waals surface area contributed by atoms with Crippen LogP contribution in [0, 0.1) is 11.8 Å². The second-order valence-corrected chi connectivity index (χ2v) is 4.87. The molecular formula is C15H17NO5. The lowest BCUT2D eigenvalue weighted by molar-refractivity contribution is -0.146. The molecule has 0 radical (unpaired) electrons. The van der Waals surface area contributed by atoms with E-state index < -0.39 is 17.8 Å². The smallest absolute Gasteiger partial charge is 0.307 e. The number of phenols is 1. The molecule has 0 aliphatic heterocycles. The molecule has 3 N–H and O–H groups in total. The number of ether oxygens (including phenoxy) is 1. The van der Waals surface area contributed by atoms with Crippen molar-refractivity contribution in [3.63, 3.8) is 0 Å². The largest absolute Gasteiger partial charge is 0.504 e. The number of anilines is 1. The summed E-state index contributed by atoms with van der Waals surface area (Å²) in [5.41, 5.74) is 0.400. The number of amides is 1. The summed E-state index contributed by atoms with van der Waals surface area (Å²) in [5.74, 6) is -2.46. The lowest BCUT2D eigenvalue weighted by atomic mass is 9.82. The zero-order chi connectivity index (χ0) is 15.4. The summed E-state index contributed by atoms with van der Waals surface area (Å²) in [5, 5.41) is 21.5. The van der Waals surface area contributed by atoms with E-state index in [1.165, 1.54) is 19.2 Å². The summed E-state index contributed by atoms with van der Waals surface area (Å²) in [6.45, 7) is 0. The maximum Gasteiger partial charge on any atom is 0.307 e. The molecule has 1 aromatic rings. The van der Waals surface area contributed by atoms with Gasteiger partial charge in [0.15, 0.2) is 11.5 Å². The normalized spacial score (nSPS) is 20.8. The maximum atomic E-state index is 12.2. The van der Waals surface area contributed by atoms with Crippen molar-refractivity contribution in [3.05, 3.63) is 30.4 Å². The molecule has 112 valence electrons. The number of carboxylic acid groups (broad SMARTS) is 1. The maximum absolute atomic E-state index is 12.2. The second-order valence-electron chi connectivity index (χ2n) is 4.87. The van der Waals surface area contributed by atoms with E-state index in [-0.39, 0.29) is 11.7 Å². The van der Waals surface area contributed by atoms with Gasteiger partial charge in [-0.25, -0.2) is 0 Å². The first-order valence-corrected chi connectivity index (χ1v) is 6.58. The number of aliphatic carboxylic acids is 1. The number of rotatable bonds is 4. The first-order chi connectivity index (χ1) is 10.0. The fraction of sp³-hybridized carbons (Fsp3) is 0.333. The third kappa shape index (κ3) is 3.34. The van der Waals surface area contributed by atoms with E-state index in [1.807, 2.05) is 6.08 Å². The molecular weight excluding hydrogens is 274 g/mol. The number of hydrogen-bond acceptors (Lipinski definition) is 4. The van der Waals surface area contributed by atoms with Gasteiger partial charge in [-0.15, -0.1) is 0 Å². The van der Waals surface area contributed by atoms with Crippen molar-refractivity contribution in [3.8, 4) is 11.5 Å². The number of nitrogens with one attached hydrogen (secondary N) is 1. The fourth-order valence-electron chi connectivity index (χ4n) is 2.38. The van der Waals surface area contributed by atoms with Crippen LogP contribution >= 0.6 is 0 Å². The summed E-state index contributed by atoms with van der Waals surface area (Å²) >= 11 is 0. The van der Waals surface area contributed by atoms with Gasteiger partial charge in [0.1, 0.15) is 0 Å². The van der Waals surface area contributed by atoms with Crippen LogP contribution in [0.2, 0.25) is 0 Å². The number of carboxylic acids is 1. The molecule has 1 aromatic carbocycles. The number of phenolic OH excluding ortho intramolecular Hbond substituents is 1. The van der Waals surface area contributed by atoms with Crippen molar-refractivity contribution >= 4 is 17.6 Å². The Balaban J connectivity index is 2.11. The first-order valence-electron chi connectivity index (χ1n) is 6.58. The minimum atomic E-state index is -0.975. The van der Waals surface area contributed by atoms with Gasteiger partial charge in [0.2, 0.25) is 5.91 Å². The van der Waals surface area contributed by atoms with E-state index in [4.69, 9.17) is 9.84 Å². The summed E-state index contributed by atoms with van der Waals surface area (Å²) in [6.07, 6.45) is 4.34. The van der Waals surface area contributed by atoms with Crippen LogP contribution in [-0.2, 0) is 9.59 Å². The van der Waals surface area contributed by atoms with Gasteiger partial charge in [0.05, 0.1) is 18.9 Å². The van der Waals surface area contributed by atoms with Crippen LogP contribution in [0.4, 0.5) is 5.69 Å². The Hall–Kier alpha value is -2.50. The molecule has 0 saturated heterocycles. The van der Waals surface area contributed by atoms with Crippen LogP contribution in [0.3, 0.4) is 0 Å². The highest BCUT2D eigenvalue weighted by atomic mass is 16.5. The fourth-order valence-corrected chi connectivity index (χ4v) is 2.38. The van der Waals surface area contributed by atoms with Crippen molar-refractivity contribution in [2.24, 2.45) is 11.8 Å². The number of allylic oxidation sites excluding steroid dienone is 2. The van der Waals surface area contributed by atoms with Gasteiger partial charge < -0.3 is 20.3 Å². The lowest BCUT2D eigenvalue weighted by Crippen LogP contribution is -2.34. The highest BCUT2D eigenvalue weighted by Gasteiger charge is 2.33. The van der Waals surface area contributed by atoms with Gasteiger partial charge in [0, 0.05) is 11.8 Å².